The van der Waals surface area contributed by atoms with Gasteiger partial charge in [-0.3, -0.25) is 4.98 Å². The Kier molecular flexibility index (Phi) is 4.25. The van der Waals surface area contributed by atoms with Crippen molar-refractivity contribution in [3.8, 4) is 0 Å². The van der Waals surface area contributed by atoms with E-state index in [0.717, 1.165) is 6.20 Å². The molecule has 0 fully saturated rings. The van der Waals surface area contributed by atoms with Gasteiger partial charge in [0.05, 0.1) is 6.20 Å². The van der Waals surface area contributed by atoms with E-state index in [1.54, 1.807) is 0 Å². The Morgan fingerprint density at radius 3 is 2.00 bits per heavy atom. The highest BCUT2D eigenvalue weighted by Crippen LogP contribution is 2.25. The summed E-state index contributed by atoms with van der Waals surface area (Å²) in [6.45, 7) is 4.00. The summed E-state index contributed by atoms with van der Waals surface area (Å²) in [5.74, 6) is 0. The van der Waals surface area contributed by atoms with Crippen molar-refractivity contribution in [3.05, 3.63) is 24.3 Å². The third kappa shape index (κ3) is 3.32. The van der Waals surface area contributed by atoms with E-state index in [1.165, 1.54) is 6.20 Å². The first kappa shape index (κ1) is 10.9. The van der Waals surface area contributed by atoms with E-state index in [1.807, 2.05) is 13.8 Å². The van der Waals surface area contributed by atoms with Gasteiger partial charge in [-0.1, -0.05) is 13.8 Å². The summed E-state index contributed by atoms with van der Waals surface area (Å²) < 4.78 is 35.1. The summed E-state index contributed by atoms with van der Waals surface area (Å²) >= 11 is 0. The summed E-state index contributed by atoms with van der Waals surface area (Å²) in [5, 5.41) is 0. The van der Waals surface area contributed by atoms with Crippen LogP contribution in [0.3, 0.4) is 0 Å². The number of rotatable bonds is 0. The molecule has 1 aromatic heterocycles. The van der Waals surface area contributed by atoms with Crippen molar-refractivity contribution < 1.29 is 13.2 Å². The molecule has 1 rings (SSSR count). The Hall–Kier alpha value is -1.13. The predicted molar refractivity (Wildman–Crippen MR) is 38.4 cm³/mol. The molecule has 0 aliphatic carbocycles. The third-order valence-electron chi connectivity index (χ3n) is 0.854. The minimum absolute atomic E-state index is 0.681. The number of nitrogens with zero attached hydrogens (tertiary/aromatic N) is 2. The topological polar surface area (TPSA) is 25.8 Å². The van der Waals surface area contributed by atoms with Crippen LogP contribution >= 0.6 is 0 Å². The van der Waals surface area contributed by atoms with Crippen LogP contribution in [-0.2, 0) is 6.18 Å². The van der Waals surface area contributed by atoms with E-state index in [-0.39, 0.29) is 0 Å². The second-order valence-electron chi connectivity index (χ2n) is 1.59. The van der Waals surface area contributed by atoms with Crippen LogP contribution in [0, 0.1) is 0 Å². The molecule has 0 aliphatic heterocycles. The Morgan fingerprint density at radius 1 is 1.17 bits per heavy atom. The molecule has 1 heterocycles. The standard InChI is InChI=1S/C5H3F3N2.C2H6/c6-5(7,8)4-3-9-1-2-10-4;1-2/h1-3H;1-2H3. The van der Waals surface area contributed by atoms with Crippen LogP contribution in [0.4, 0.5) is 13.2 Å². The second kappa shape index (κ2) is 4.69. The van der Waals surface area contributed by atoms with Crippen LogP contribution in [0.1, 0.15) is 19.5 Å². The fourth-order valence-electron chi connectivity index (χ4n) is 0.445. The molecule has 0 radical (unpaired) electrons. The Labute approximate surface area is 68.5 Å². The van der Waals surface area contributed by atoms with Gasteiger partial charge < -0.3 is 0 Å². The Bertz CT molecular complexity index is 208. The van der Waals surface area contributed by atoms with Crippen LogP contribution in [0.15, 0.2) is 18.6 Å². The zero-order chi connectivity index (χ0) is 9.61. The summed E-state index contributed by atoms with van der Waals surface area (Å²) in [6, 6.07) is 0. The molecule has 0 atom stereocenters. The van der Waals surface area contributed by atoms with Gasteiger partial charge in [-0.05, 0) is 0 Å². The van der Waals surface area contributed by atoms with Gasteiger partial charge in [0.15, 0.2) is 5.69 Å². The smallest absolute Gasteiger partial charge is 0.261 e. The van der Waals surface area contributed by atoms with E-state index in [9.17, 15) is 13.2 Å². The lowest BCUT2D eigenvalue weighted by Crippen LogP contribution is -2.07. The average Bonchev–Trinajstić information content (AvgIpc) is 2.08. The Morgan fingerprint density at radius 2 is 1.75 bits per heavy atom. The van der Waals surface area contributed by atoms with E-state index < -0.39 is 11.9 Å². The maximum absolute atomic E-state index is 11.7. The fourth-order valence-corrected chi connectivity index (χ4v) is 0.445. The molecule has 5 heteroatoms. The van der Waals surface area contributed by atoms with Crippen LogP contribution in [0.25, 0.3) is 0 Å². The minimum Gasteiger partial charge on any atom is -0.261 e. The van der Waals surface area contributed by atoms with Gasteiger partial charge in [-0.2, -0.15) is 13.2 Å². The van der Waals surface area contributed by atoms with E-state index >= 15 is 0 Å². The first-order valence-corrected chi connectivity index (χ1v) is 3.44. The van der Waals surface area contributed by atoms with Crippen molar-refractivity contribution in [1.82, 2.24) is 9.97 Å². The minimum atomic E-state index is -4.38. The SMILES string of the molecule is CC.FC(F)(F)c1cnccn1. The lowest BCUT2D eigenvalue weighted by molar-refractivity contribution is -0.141. The Balaban J connectivity index is 0.000000561. The molecule has 0 aliphatic rings. The molecule has 2 nitrogen and oxygen atoms in total. The molecular formula is C7H9F3N2. The van der Waals surface area contributed by atoms with Crippen LogP contribution < -0.4 is 0 Å². The van der Waals surface area contributed by atoms with Crippen molar-refractivity contribution in [2.24, 2.45) is 0 Å². The quantitative estimate of drug-likeness (QED) is 0.610. The number of hydrogen-bond acceptors (Lipinski definition) is 2. The van der Waals surface area contributed by atoms with Crippen molar-refractivity contribution in [1.29, 1.82) is 0 Å². The zero-order valence-corrected chi connectivity index (χ0v) is 6.76. The van der Waals surface area contributed by atoms with Gasteiger partial charge >= 0.3 is 6.18 Å². The molecule has 0 amide bonds. The summed E-state index contributed by atoms with van der Waals surface area (Å²) in [7, 11) is 0. The molecule has 1 aromatic rings. The predicted octanol–water partition coefficient (Wildman–Crippen LogP) is 2.52. The first-order valence-electron chi connectivity index (χ1n) is 3.44. The summed E-state index contributed by atoms with van der Waals surface area (Å²) in [5.41, 5.74) is -0.963. The number of halogens is 3. The molecule has 0 saturated heterocycles. The van der Waals surface area contributed by atoms with Crippen LogP contribution in [0.2, 0.25) is 0 Å². The van der Waals surface area contributed by atoms with Crippen LogP contribution in [-0.4, -0.2) is 9.97 Å². The van der Waals surface area contributed by atoms with Gasteiger partial charge in [0, 0.05) is 12.4 Å². The normalized spacial score (nSPS) is 10.1. The largest absolute Gasteiger partial charge is 0.434 e. The van der Waals surface area contributed by atoms with Gasteiger partial charge in [-0.25, -0.2) is 4.98 Å². The zero-order valence-electron chi connectivity index (χ0n) is 6.76. The van der Waals surface area contributed by atoms with Gasteiger partial charge in [0.25, 0.3) is 0 Å². The summed E-state index contributed by atoms with van der Waals surface area (Å²) in [6.07, 6.45) is -1.51. The van der Waals surface area contributed by atoms with Gasteiger partial charge in [0.2, 0.25) is 0 Å². The van der Waals surface area contributed by atoms with Gasteiger partial charge in [-0.15, -0.1) is 0 Å². The van der Waals surface area contributed by atoms with Crippen molar-refractivity contribution in [3.63, 3.8) is 0 Å². The van der Waals surface area contributed by atoms with Crippen molar-refractivity contribution in [2.45, 2.75) is 20.0 Å². The molecular weight excluding hydrogens is 169 g/mol. The maximum atomic E-state index is 11.7. The van der Waals surface area contributed by atoms with E-state index in [0.29, 0.717) is 6.20 Å². The molecule has 0 N–H and O–H groups in total. The number of hydrogen-bond donors (Lipinski definition) is 0. The van der Waals surface area contributed by atoms with Crippen LogP contribution in [0.5, 0.6) is 0 Å². The molecule has 0 bridgehead atoms. The second-order valence-corrected chi connectivity index (χ2v) is 1.59. The third-order valence-corrected chi connectivity index (χ3v) is 0.854. The van der Waals surface area contributed by atoms with Crippen molar-refractivity contribution in [2.75, 3.05) is 0 Å². The highest BCUT2D eigenvalue weighted by Gasteiger charge is 2.32. The first-order chi connectivity index (χ1) is 5.61. The lowest BCUT2D eigenvalue weighted by atomic mass is 10.4. The molecule has 0 aromatic carbocycles. The fraction of sp³-hybridized carbons (Fsp3) is 0.429. The highest BCUT2D eigenvalue weighted by molar-refractivity contribution is 4.98. The molecule has 0 unspecified atom stereocenters. The maximum Gasteiger partial charge on any atom is 0.434 e. The van der Waals surface area contributed by atoms with Gasteiger partial charge in [0.1, 0.15) is 0 Å². The molecule has 68 valence electrons. The highest BCUT2D eigenvalue weighted by atomic mass is 19.4. The molecule has 0 spiro atoms. The van der Waals surface area contributed by atoms with Crippen molar-refractivity contribution >= 4 is 0 Å². The number of alkyl halides is 3. The number of aromatic nitrogens is 2. The van der Waals surface area contributed by atoms with E-state index in [2.05, 4.69) is 9.97 Å². The summed E-state index contributed by atoms with van der Waals surface area (Å²) in [4.78, 5) is 6.33. The molecule has 0 saturated carbocycles. The monoisotopic (exact) mass is 178 g/mol. The van der Waals surface area contributed by atoms with E-state index in [4.69, 9.17) is 0 Å². The average molecular weight is 178 g/mol. The molecule has 12 heavy (non-hydrogen) atoms. The lowest BCUT2D eigenvalue weighted by Gasteiger charge is -2.01.